The minimum Gasteiger partial charge on any atom is -0.481 e. The fourth-order valence-corrected chi connectivity index (χ4v) is 4.42. The van der Waals surface area contributed by atoms with Gasteiger partial charge in [-0.2, -0.15) is 0 Å². The molecule has 1 aliphatic heterocycles. The maximum atomic E-state index is 12.9. The average molecular weight is 429 g/mol. The monoisotopic (exact) mass is 428 g/mol. The molecule has 8 nitrogen and oxygen atoms in total. The SMILES string of the molecule is CC1(C)OCC(COC(=O)C(C)(C)S(=O)(=O)CC(Cc2ccccc2)C(=O)O)O1. The quantitative estimate of drug-likeness (QED) is 0.592. The first-order chi connectivity index (χ1) is 13.3. The van der Waals surface area contributed by atoms with E-state index in [1.54, 1.807) is 44.2 Å². The van der Waals surface area contributed by atoms with Crippen molar-refractivity contribution < 1.29 is 37.3 Å². The largest absolute Gasteiger partial charge is 0.481 e. The molecule has 1 aromatic carbocycles. The van der Waals surface area contributed by atoms with Crippen LogP contribution in [0.25, 0.3) is 0 Å². The molecule has 162 valence electrons. The zero-order valence-electron chi connectivity index (χ0n) is 17.1. The molecule has 1 fully saturated rings. The number of hydrogen-bond donors (Lipinski definition) is 1. The van der Waals surface area contributed by atoms with E-state index in [4.69, 9.17) is 14.2 Å². The number of aliphatic carboxylic acids is 1. The smallest absolute Gasteiger partial charge is 0.326 e. The summed E-state index contributed by atoms with van der Waals surface area (Å²) < 4.78 is 39.9. The van der Waals surface area contributed by atoms with Gasteiger partial charge in [-0.25, -0.2) is 8.42 Å². The number of carboxylic acid groups (broad SMARTS) is 1. The van der Waals surface area contributed by atoms with Crippen LogP contribution < -0.4 is 0 Å². The van der Waals surface area contributed by atoms with Crippen molar-refractivity contribution in [2.24, 2.45) is 5.92 Å². The van der Waals surface area contributed by atoms with E-state index in [-0.39, 0.29) is 19.6 Å². The van der Waals surface area contributed by atoms with Gasteiger partial charge in [-0.3, -0.25) is 9.59 Å². The van der Waals surface area contributed by atoms with Gasteiger partial charge >= 0.3 is 11.9 Å². The Bertz CT molecular complexity index is 829. The standard InChI is InChI=1S/C20H28O8S/c1-19(2,18(23)26-11-16-12-27-20(3,4)28-16)29(24,25)13-15(17(21)22)10-14-8-6-5-7-9-14/h5-9,15-16H,10-13H2,1-4H3,(H,21,22). The number of carbonyl (C=O) groups is 2. The highest BCUT2D eigenvalue weighted by Crippen LogP contribution is 2.26. The highest BCUT2D eigenvalue weighted by Gasteiger charge is 2.46. The van der Waals surface area contributed by atoms with E-state index in [1.807, 2.05) is 0 Å². The Balaban J connectivity index is 2.04. The summed E-state index contributed by atoms with van der Waals surface area (Å²) in [6.45, 7) is 5.98. The Kier molecular flexibility index (Phi) is 7.08. The third kappa shape index (κ3) is 6.01. The molecule has 2 atom stereocenters. The predicted molar refractivity (Wildman–Crippen MR) is 105 cm³/mol. The number of esters is 1. The molecular formula is C20H28O8S. The summed E-state index contributed by atoms with van der Waals surface area (Å²) in [7, 11) is -4.12. The van der Waals surface area contributed by atoms with Crippen molar-refractivity contribution in [2.45, 2.75) is 50.8 Å². The van der Waals surface area contributed by atoms with Crippen LogP contribution >= 0.6 is 0 Å². The molecule has 1 N–H and O–H groups in total. The van der Waals surface area contributed by atoms with Crippen LogP contribution in [0, 0.1) is 5.92 Å². The zero-order chi connectivity index (χ0) is 21.9. The summed E-state index contributed by atoms with van der Waals surface area (Å²) in [6, 6.07) is 8.75. The van der Waals surface area contributed by atoms with Gasteiger partial charge in [-0.1, -0.05) is 30.3 Å². The van der Waals surface area contributed by atoms with Crippen molar-refractivity contribution in [1.29, 1.82) is 0 Å². The first-order valence-corrected chi connectivity index (χ1v) is 11.0. The van der Waals surface area contributed by atoms with Gasteiger partial charge < -0.3 is 19.3 Å². The third-order valence-corrected chi connectivity index (χ3v) is 7.39. The summed E-state index contributed by atoms with van der Waals surface area (Å²) in [5, 5.41) is 9.49. The summed E-state index contributed by atoms with van der Waals surface area (Å²) in [4.78, 5) is 24.1. The van der Waals surface area contributed by atoms with Crippen molar-refractivity contribution in [3.63, 3.8) is 0 Å². The van der Waals surface area contributed by atoms with Gasteiger partial charge in [-0.15, -0.1) is 0 Å². The van der Waals surface area contributed by atoms with Crippen molar-refractivity contribution in [3.05, 3.63) is 35.9 Å². The van der Waals surface area contributed by atoms with Crippen LogP contribution in [0.5, 0.6) is 0 Å². The normalized spacial score (nSPS) is 20.2. The Labute approximate surface area is 171 Å². The van der Waals surface area contributed by atoms with E-state index in [1.165, 1.54) is 13.8 Å². The van der Waals surface area contributed by atoms with Gasteiger partial charge in [-0.05, 0) is 39.7 Å². The number of rotatable bonds is 9. The molecule has 2 rings (SSSR count). The number of hydrogen-bond acceptors (Lipinski definition) is 7. The van der Waals surface area contributed by atoms with Crippen molar-refractivity contribution >= 4 is 21.8 Å². The van der Waals surface area contributed by atoms with Gasteiger partial charge in [0.25, 0.3) is 0 Å². The lowest BCUT2D eigenvalue weighted by Crippen LogP contribution is -2.46. The number of ether oxygens (including phenoxy) is 3. The van der Waals surface area contributed by atoms with Gasteiger partial charge in [0, 0.05) is 0 Å². The highest BCUT2D eigenvalue weighted by atomic mass is 32.2. The maximum Gasteiger partial charge on any atom is 0.326 e. The van der Waals surface area contributed by atoms with Gasteiger partial charge in [0.1, 0.15) is 12.7 Å². The Hall–Kier alpha value is -1.97. The van der Waals surface area contributed by atoms with E-state index in [0.717, 1.165) is 0 Å². The maximum absolute atomic E-state index is 12.9. The molecular weight excluding hydrogens is 400 g/mol. The lowest BCUT2D eigenvalue weighted by molar-refractivity contribution is -0.159. The molecule has 0 saturated carbocycles. The van der Waals surface area contributed by atoms with E-state index >= 15 is 0 Å². The van der Waals surface area contributed by atoms with E-state index in [2.05, 4.69) is 0 Å². The number of sulfone groups is 1. The van der Waals surface area contributed by atoms with Crippen LogP contribution in [0.3, 0.4) is 0 Å². The van der Waals surface area contributed by atoms with Crippen molar-refractivity contribution in [1.82, 2.24) is 0 Å². The van der Waals surface area contributed by atoms with Crippen LogP contribution in [0.15, 0.2) is 30.3 Å². The molecule has 0 spiro atoms. The second kappa shape index (κ2) is 8.81. The minimum absolute atomic E-state index is 0.0445. The molecule has 1 aliphatic rings. The Morgan fingerprint density at radius 3 is 2.41 bits per heavy atom. The Morgan fingerprint density at radius 2 is 1.90 bits per heavy atom. The molecule has 1 saturated heterocycles. The van der Waals surface area contributed by atoms with E-state index in [0.29, 0.717) is 5.56 Å². The molecule has 0 bridgehead atoms. The second-order valence-corrected chi connectivity index (χ2v) is 10.6. The summed E-state index contributed by atoms with van der Waals surface area (Å²) in [5.74, 6) is -4.82. The lowest BCUT2D eigenvalue weighted by atomic mass is 10.0. The van der Waals surface area contributed by atoms with Crippen molar-refractivity contribution in [2.75, 3.05) is 19.0 Å². The van der Waals surface area contributed by atoms with E-state index in [9.17, 15) is 23.1 Å². The first-order valence-electron chi connectivity index (χ1n) is 9.32. The molecule has 1 heterocycles. The molecule has 0 amide bonds. The molecule has 0 radical (unpaired) electrons. The van der Waals surface area contributed by atoms with E-state index < -0.39 is 50.1 Å². The highest BCUT2D eigenvalue weighted by molar-refractivity contribution is 7.93. The molecule has 2 unspecified atom stereocenters. The Morgan fingerprint density at radius 1 is 1.28 bits per heavy atom. The molecule has 1 aromatic rings. The van der Waals surface area contributed by atoms with Crippen LogP contribution in [-0.2, 0) is 40.1 Å². The average Bonchev–Trinajstić information content (AvgIpc) is 2.98. The minimum atomic E-state index is -4.12. The molecule has 9 heteroatoms. The first kappa shape index (κ1) is 23.3. The molecule has 0 aromatic heterocycles. The van der Waals surface area contributed by atoms with Crippen LogP contribution in [0.4, 0.5) is 0 Å². The molecule has 29 heavy (non-hydrogen) atoms. The van der Waals surface area contributed by atoms with Crippen LogP contribution in [0.2, 0.25) is 0 Å². The molecule has 0 aliphatic carbocycles. The number of benzene rings is 1. The lowest BCUT2D eigenvalue weighted by Gasteiger charge is -2.25. The van der Waals surface area contributed by atoms with Gasteiger partial charge in [0.05, 0.1) is 18.3 Å². The summed E-state index contributed by atoms with van der Waals surface area (Å²) in [5.41, 5.74) is 0.705. The van der Waals surface area contributed by atoms with Gasteiger partial charge in [0.15, 0.2) is 20.4 Å². The number of carbonyl (C=O) groups excluding carboxylic acids is 1. The summed E-state index contributed by atoms with van der Waals surface area (Å²) >= 11 is 0. The number of carboxylic acids is 1. The second-order valence-electron chi connectivity index (χ2n) is 8.07. The fourth-order valence-electron chi connectivity index (χ4n) is 2.90. The topological polar surface area (TPSA) is 116 Å². The van der Waals surface area contributed by atoms with Crippen molar-refractivity contribution in [3.8, 4) is 0 Å². The zero-order valence-corrected chi connectivity index (χ0v) is 17.9. The van der Waals surface area contributed by atoms with Crippen LogP contribution in [-0.4, -0.2) is 61.1 Å². The van der Waals surface area contributed by atoms with Crippen LogP contribution in [0.1, 0.15) is 33.3 Å². The summed E-state index contributed by atoms with van der Waals surface area (Å²) in [6.07, 6.45) is -0.444. The van der Waals surface area contributed by atoms with Gasteiger partial charge in [0.2, 0.25) is 0 Å². The predicted octanol–water partition coefficient (Wildman–Crippen LogP) is 1.82. The fraction of sp³-hybridized carbons (Fsp3) is 0.600. The third-order valence-electron chi connectivity index (χ3n) is 4.83.